The average Bonchev–Trinajstić information content (AvgIpc) is 2.45. The van der Waals surface area contributed by atoms with Crippen LogP contribution in [-0.2, 0) is 0 Å². The van der Waals surface area contributed by atoms with Crippen LogP contribution in [0.4, 0.5) is 13.2 Å². The van der Waals surface area contributed by atoms with E-state index in [1.54, 1.807) is 6.07 Å². The molecule has 0 spiro atoms. The molecule has 1 atom stereocenters. The van der Waals surface area contributed by atoms with Crippen LogP contribution in [0, 0.1) is 5.41 Å². The minimum atomic E-state index is -4.74. The van der Waals surface area contributed by atoms with E-state index in [0.29, 0.717) is 12.1 Å². The predicted molar refractivity (Wildman–Crippen MR) is 72.7 cm³/mol. The molecule has 1 unspecified atom stereocenters. The molecule has 0 heterocycles. The van der Waals surface area contributed by atoms with Crippen molar-refractivity contribution >= 4 is 0 Å². The van der Waals surface area contributed by atoms with Gasteiger partial charge in [0.2, 0.25) is 0 Å². The van der Waals surface area contributed by atoms with Gasteiger partial charge in [0.25, 0.3) is 0 Å². The van der Waals surface area contributed by atoms with Crippen molar-refractivity contribution < 1.29 is 23.0 Å². The lowest BCUT2D eigenvalue weighted by Crippen LogP contribution is -2.38. The van der Waals surface area contributed by atoms with Crippen molar-refractivity contribution in [2.24, 2.45) is 11.1 Å². The molecule has 21 heavy (non-hydrogen) atoms. The molecule has 6 heteroatoms. The highest BCUT2D eigenvalue weighted by Gasteiger charge is 2.39. The molecule has 1 aromatic rings. The molecule has 1 saturated carbocycles. The quantitative estimate of drug-likeness (QED) is 0.894. The number of hydrogen-bond donors (Lipinski definition) is 2. The minimum Gasteiger partial charge on any atom is -0.406 e. The molecule has 3 N–H and O–H groups in total. The minimum absolute atomic E-state index is 0.318. The Balaban J connectivity index is 2.22. The van der Waals surface area contributed by atoms with Gasteiger partial charge >= 0.3 is 6.36 Å². The number of nitrogens with two attached hydrogens (primary N) is 1. The zero-order valence-electron chi connectivity index (χ0n) is 11.7. The van der Waals surface area contributed by atoms with Crippen molar-refractivity contribution in [3.05, 3.63) is 29.8 Å². The number of benzene rings is 1. The number of halogens is 3. The fourth-order valence-corrected chi connectivity index (χ4v) is 3.08. The number of rotatable bonds is 4. The van der Waals surface area contributed by atoms with E-state index in [1.165, 1.54) is 18.2 Å². The molecule has 2 rings (SSSR count). The number of aliphatic hydroxyl groups excluding tert-OH is 1. The molecule has 0 bridgehead atoms. The third kappa shape index (κ3) is 3.89. The molecule has 1 aromatic carbocycles. The second-order valence-corrected chi connectivity index (χ2v) is 5.65. The summed E-state index contributed by atoms with van der Waals surface area (Å²) in [4.78, 5) is 0. The van der Waals surface area contributed by atoms with Crippen LogP contribution in [0.3, 0.4) is 0 Å². The van der Waals surface area contributed by atoms with Gasteiger partial charge in [-0.3, -0.25) is 0 Å². The van der Waals surface area contributed by atoms with Gasteiger partial charge in [-0.25, -0.2) is 0 Å². The maximum atomic E-state index is 12.3. The largest absolute Gasteiger partial charge is 0.573 e. The van der Waals surface area contributed by atoms with E-state index < -0.39 is 17.9 Å². The summed E-state index contributed by atoms with van der Waals surface area (Å²) in [5, 5.41) is 10.6. The van der Waals surface area contributed by atoms with Gasteiger partial charge in [0.1, 0.15) is 5.75 Å². The van der Waals surface area contributed by atoms with Crippen LogP contribution in [0.5, 0.6) is 5.75 Å². The Bertz CT molecular complexity index is 470. The molecular weight excluding hydrogens is 283 g/mol. The summed E-state index contributed by atoms with van der Waals surface area (Å²) in [7, 11) is 0. The lowest BCUT2D eigenvalue weighted by atomic mass is 9.68. The average molecular weight is 303 g/mol. The fraction of sp³-hybridized carbons (Fsp3) is 0.600. The van der Waals surface area contributed by atoms with E-state index in [9.17, 15) is 18.3 Å². The second-order valence-electron chi connectivity index (χ2n) is 5.65. The Morgan fingerprint density at radius 3 is 2.48 bits per heavy atom. The third-order valence-electron chi connectivity index (χ3n) is 4.24. The van der Waals surface area contributed by atoms with Crippen molar-refractivity contribution in [2.75, 3.05) is 6.54 Å². The molecule has 1 aliphatic carbocycles. The van der Waals surface area contributed by atoms with Crippen molar-refractivity contribution in [1.29, 1.82) is 0 Å². The number of hydrogen-bond acceptors (Lipinski definition) is 3. The Kier molecular flexibility index (Phi) is 4.78. The first kappa shape index (κ1) is 16.1. The second kappa shape index (κ2) is 6.23. The van der Waals surface area contributed by atoms with Gasteiger partial charge in [-0.05, 0) is 30.5 Å². The van der Waals surface area contributed by atoms with Gasteiger partial charge in [-0.2, -0.15) is 0 Å². The highest BCUT2D eigenvalue weighted by molar-refractivity contribution is 5.31. The van der Waals surface area contributed by atoms with E-state index in [4.69, 9.17) is 5.73 Å². The normalized spacial score (nSPS) is 20.0. The van der Waals surface area contributed by atoms with Gasteiger partial charge in [0.05, 0.1) is 6.10 Å². The molecular formula is C15H20F3NO2. The number of aliphatic hydroxyl groups is 1. The maximum Gasteiger partial charge on any atom is 0.573 e. The zero-order chi connectivity index (χ0) is 15.5. The third-order valence-corrected chi connectivity index (χ3v) is 4.24. The molecule has 0 aliphatic heterocycles. The van der Waals surface area contributed by atoms with Crippen LogP contribution in [0.1, 0.15) is 43.8 Å². The van der Waals surface area contributed by atoms with Gasteiger partial charge in [0.15, 0.2) is 0 Å². The summed E-state index contributed by atoms with van der Waals surface area (Å²) >= 11 is 0. The fourth-order valence-electron chi connectivity index (χ4n) is 3.08. The molecule has 0 amide bonds. The SMILES string of the molecule is NCC1(C(O)c2cccc(OC(F)(F)F)c2)CCCCC1. The van der Waals surface area contributed by atoms with Crippen LogP contribution in [0.25, 0.3) is 0 Å². The highest BCUT2D eigenvalue weighted by Crippen LogP contribution is 2.45. The Morgan fingerprint density at radius 2 is 1.90 bits per heavy atom. The highest BCUT2D eigenvalue weighted by atomic mass is 19.4. The summed E-state index contributed by atoms with van der Waals surface area (Å²) in [6.07, 6.45) is -0.977. The van der Waals surface area contributed by atoms with Gasteiger partial charge in [-0.1, -0.05) is 31.4 Å². The molecule has 0 aromatic heterocycles. The molecule has 3 nitrogen and oxygen atoms in total. The first-order valence-corrected chi connectivity index (χ1v) is 7.10. The van der Waals surface area contributed by atoms with Gasteiger partial charge < -0.3 is 15.6 Å². The molecule has 1 aliphatic rings. The Hall–Kier alpha value is -1.27. The standard InChI is InChI=1S/C15H20F3NO2/c16-15(17,18)21-12-6-4-5-11(9-12)13(20)14(10-19)7-2-1-3-8-14/h4-6,9,13,20H,1-3,7-8,10,19H2. The molecule has 118 valence electrons. The summed E-state index contributed by atoms with van der Waals surface area (Å²) in [5.74, 6) is -0.318. The van der Waals surface area contributed by atoms with E-state index in [0.717, 1.165) is 32.1 Å². The smallest absolute Gasteiger partial charge is 0.406 e. The molecule has 0 radical (unpaired) electrons. The first-order chi connectivity index (χ1) is 9.86. The van der Waals surface area contributed by atoms with Crippen molar-refractivity contribution in [3.8, 4) is 5.75 Å². The summed E-state index contributed by atoms with van der Waals surface area (Å²) in [5.41, 5.74) is 5.82. The lowest BCUT2D eigenvalue weighted by Gasteiger charge is -2.40. The summed E-state index contributed by atoms with van der Waals surface area (Å²) in [6, 6.07) is 5.52. The van der Waals surface area contributed by atoms with E-state index in [2.05, 4.69) is 4.74 Å². The van der Waals surface area contributed by atoms with Crippen LogP contribution < -0.4 is 10.5 Å². The van der Waals surface area contributed by atoms with E-state index in [1.807, 2.05) is 0 Å². The Labute approximate surface area is 121 Å². The van der Waals surface area contributed by atoms with Crippen LogP contribution in [0.2, 0.25) is 0 Å². The van der Waals surface area contributed by atoms with Crippen LogP contribution >= 0.6 is 0 Å². The zero-order valence-corrected chi connectivity index (χ0v) is 11.7. The van der Waals surface area contributed by atoms with Crippen LogP contribution in [0.15, 0.2) is 24.3 Å². The van der Waals surface area contributed by atoms with E-state index >= 15 is 0 Å². The van der Waals surface area contributed by atoms with Crippen LogP contribution in [-0.4, -0.2) is 18.0 Å². The number of alkyl halides is 3. The van der Waals surface area contributed by atoms with Crippen molar-refractivity contribution in [3.63, 3.8) is 0 Å². The van der Waals surface area contributed by atoms with Gasteiger partial charge in [0, 0.05) is 12.0 Å². The lowest BCUT2D eigenvalue weighted by molar-refractivity contribution is -0.274. The maximum absolute atomic E-state index is 12.3. The molecule has 0 saturated heterocycles. The van der Waals surface area contributed by atoms with Crippen molar-refractivity contribution in [1.82, 2.24) is 0 Å². The topological polar surface area (TPSA) is 55.5 Å². The predicted octanol–water partition coefficient (Wildman–Crippen LogP) is 3.53. The first-order valence-electron chi connectivity index (χ1n) is 7.10. The summed E-state index contributed by atoms with van der Waals surface area (Å²) < 4.78 is 40.7. The summed E-state index contributed by atoms with van der Waals surface area (Å²) in [6.45, 7) is 0.318. The number of ether oxygens (including phenoxy) is 1. The van der Waals surface area contributed by atoms with E-state index in [-0.39, 0.29) is 5.75 Å². The monoisotopic (exact) mass is 303 g/mol. The van der Waals surface area contributed by atoms with Gasteiger partial charge in [-0.15, -0.1) is 13.2 Å². The molecule has 1 fully saturated rings. The van der Waals surface area contributed by atoms with Crippen molar-refractivity contribution in [2.45, 2.75) is 44.6 Å². The Morgan fingerprint density at radius 1 is 1.24 bits per heavy atom.